The van der Waals surface area contributed by atoms with Crippen molar-refractivity contribution in [3.63, 3.8) is 0 Å². The van der Waals surface area contributed by atoms with Crippen molar-refractivity contribution in [3.8, 4) is 0 Å². The molecule has 0 saturated heterocycles. The fourth-order valence-corrected chi connectivity index (χ4v) is 2.78. The van der Waals surface area contributed by atoms with E-state index in [9.17, 15) is 4.79 Å². The molecule has 1 atom stereocenters. The summed E-state index contributed by atoms with van der Waals surface area (Å²) in [5.41, 5.74) is 1.10. The van der Waals surface area contributed by atoms with E-state index >= 15 is 0 Å². The number of hydrogen-bond donors (Lipinski definition) is 1. The number of thioether (sulfide) groups is 1. The summed E-state index contributed by atoms with van der Waals surface area (Å²) < 4.78 is 1.96. The van der Waals surface area contributed by atoms with Gasteiger partial charge in [-0.05, 0) is 26.3 Å². The van der Waals surface area contributed by atoms with Crippen LogP contribution in [0.1, 0.15) is 38.4 Å². The lowest BCUT2D eigenvalue weighted by molar-refractivity contribution is -0.119. The van der Waals surface area contributed by atoms with E-state index in [0.29, 0.717) is 5.75 Å². The molecule has 0 unspecified atom stereocenters. The minimum absolute atomic E-state index is 0.00210. The second kappa shape index (κ2) is 7.26. The molecule has 1 aromatic heterocycles. The van der Waals surface area contributed by atoms with E-state index < -0.39 is 0 Å². The third-order valence-electron chi connectivity index (χ3n) is 3.11. The standard InChI is InChI=1S/C15H20N4OS/c1-11(2)19-10-16-18-15(19)21-9-14(20)17-12(3)13-7-5-4-6-8-13/h4-8,10-12H,9H2,1-3H3,(H,17,20)/t12-/m1/s1. The van der Waals surface area contributed by atoms with E-state index in [1.807, 2.05) is 41.8 Å². The van der Waals surface area contributed by atoms with Gasteiger partial charge in [0.05, 0.1) is 11.8 Å². The van der Waals surface area contributed by atoms with E-state index in [4.69, 9.17) is 0 Å². The van der Waals surface area contributed by atoms with Gasteiger partial charge in [0.25, 0.3) is 0 Å². The van der Waals surface area contributed by atoms with Gasteiger partial charge < -0.3 is 9.88 Å². The molecule has 0 fully saturated rings. The van der Waals surface area contributed by atoms with Crippen molar-refractivity contribution in [2.45, 2.75) is 38.0 Å². The average molecular weight is 304 g/mol. The quantitative estimate of drug-likeness (QED) is 0.834. The fourth-order valence-electron chi connectivity index (χ4n) is 1.93. The van der Waals surface area contributed by atoms with Gasteiger partial charge in [0, 0.05) is 6.04 Å². The first-order valence-electron chi connectivity index (χ1n) is 6.94. The number of nitrogens with zero attached hydrogens (tertiary/aromatic N) is 3. The van der Waals surface area contributed by atoms with Crippen molar-refractivity contribution in [1.29, 1.82) is 0 Å². The molecule has 5 nitrogen and oxygen atoms in total. The number of carbonyl (C=O) groups is 1. The molecule has 1 aromatic carbocycles. The fraction of sp³-hybridized carbons (Fsp3) is 0.400. The number of nitrogens with one attached hydrogen (secondary N) is 1. The van der Waals surface area contributed by atoms with Gasteiger partial charge in [0.1, 0.15) is 6.33 Å². The molecule has 0 saturated carbocycles. The molecule has 112 valence electrons. The Balaban J connectivity index is 1.86. The van der Waals surface area contributed by atoms with E-state index in [2.05, 4.69) is 29.4 Å². The van der Waals surface area contributed by atoms with Gasteiger partial charge in [-0.3, -0.25) is 4.79 Å². The molecule has 1 amide bonds. The zero-order valence-electron chi connectivity index (χ0n) is 12.5. The van der Waals surface area contributed by atoms with Crippen molar-refractivity contribution >= 4 is 17.7 Å². The molecular formula is C15H20N4OS. The Morgan fingerprint density at radius 3 is 2.67 bits per heavy atom. The average Bonchev–Trinajstić information content (AvgIpc) is 2.94. The summed E-state index contributed by atoms with van der Waals surface area (Å²) in [4.78, 5) is 12.0. The Morgan fingerprint density at radius 1 is 1.29 bits per heavy atom. The second-order valence-electron chi connectivity index (χ2n) is 5.10. The first-order valence-corrected chi connectivity index (χ1v) is 7.93. The molecule has 0 radical (unpaired) electrons. The summed E-state index contributed by atoms with van der Waals surface area (Å²) in [5, 5.41) is 11.7. The largest absolute Gasteiger partial charge is 0.349 e. The summed E-state index contributed by atoms with van der Waals surface area (Å²) in [6.07, 6.45) is 1.69. The highest BCUT2D eigenvalue weighted by Crippen LogP contribution is 2.19. The highest BCUT2D eigenvalue weighted by atomic mass is 32.2. The number of hydrogen-bond acceptors (Lipinski definition) is 4. The van der Waals surface area contributed by atoms with Gasteiger partial charge in [-0.1, -0.05) is 42.1 Å². The minimum Gasteiger partial charge on any atom is -0.349 e. The van der Waals surface area contributed by atoms with Gasteiger partial charge in [-0.2, -0.15) is 0 Å². The zero-order valence-corrected chi connectivity index (χ0v) is 13.3. The van der Waals surface area contributed by atoms with E-state index in [0.717, 1.165) is 10.7 Å². The molecule has 21 heavy (non-hydrogen) atoms. The van der Waals surface area contributed by atoms with E-state index in [-0.39, 0.29) is 18.0 Å². The predicted octanol–water partition coefficient (Wildman–Crippen LogP) is 2.83. The summed E-state index contributed by atoms with van der Waals surface area (Å²) in [5.74, 6) is 0.331. The molecule has 0 aliphatic rings. The van der Waals surface area contributed by atoms with Crippen LogP contribution in [-0.2, 0) is 4.79 Å². The van der Waals surface area contributed by atoms with Crippen LogP contribution in [0.4, 0.5) is 0 Å². The van der Waals surface area contributed by atoms with Gasteiger partial charge in [0.2, 0.25) is 5.91 Å². The van der Waals surface area contributed by atoms with Crippen LogP contribution in [0.25, 0.3) is 0 Å². The number of amides is 1. The zero-order chi connectivity index (χ0) is 15.2. The normalized spacial score (nSPS) is 12.4. The van der Waals surface area contributed by atoms with Gasteiger partial charge >= 0.3 is 0 Å². The summed E-state index contributed by atoms with van der Waals surface area (Å²) in [6.45, 7) is 6.10. The predicted molar refractivity (Wildman–Crippen MR) is 84.1 cm³/mol. The van der Waals surface area contributed by atoms with Crippen LogP contribution in [0.2, 0.25) is 0 Å². The smallest absolute Gasteiger partial charge is 0.230 e. The lowest BCUT2D eigenvalue weighted by atomic mass is 10.1. The Morgan fingerprint density at radius 2 is 2.00 bits per heavy atom. The van der Waals surface area contributed by atoms with E-state index in [1.54, 1.807) is 6.33 Å². The van der Waals surface area contributed by atoms with Crippen LogP contribution in [0, 0.1) is 0 Å². The summed E-state index contributed by atoms with van der Waals surface area (Å²) in [7, 11) is 0. The number of aromatic nitrogens is 3. The van der Waals surface area contributed by atoms with E-state index in [1.165, 1.54) is 11.8 Å². The number of rotatable bonds is 6. The highest BCUT2D eigenvalue weighted by molar-refractivity contribution is 7.99. The van der Waals surface area contributed by atoms with Crippen molar-refractivity contribution in [3.05, 3.63) is 42.2 Å². The van der Waals surface area contributed by atoms with Crippen molar-refractivity contribution < 1.29 is 4.79 Å². The van der Waals surface area contributed by atoms with Crippen molar-refractivity contribution in [1.82, 2.24) is 20.1 Å². The van der Waals surface area contributed by atoms with Crippen LogP contribution < -0.4 is 5.32 Å². The minimum atomic E-state index is -0.00495. The Hall–Kier alpha value is -1.82. The van der Waals surface area contributed by atoms with Gasteiger partial charge in [0.15, 0.2) is 5.16 Å². The SMILES string of the molecule is CC(C)n1cnnc1SCC(=O)N[C@H](C)c1ccccc1. The molecule has 0 aliphatic carbocycles. The van der Waals surface area contributed by atoms with Gasteiger partial charge in [-0.25, -0.2) is 0 Å². The lowest BCUT2D eigenvalue weighted by Crippen LogP contribution is -2.28. The lowest BCUT2D eigenvalue weighted by Gasteiger charge is -2.14. The Labute approximate surface area is 129 Å². The highest BCUT2D eigenvalue weighted by Gasteiger charge is 2.13. The van der Waals surface area contributed by atoms with Crippen LogP contribution in [-0.4, -0.2) is 26.4 Å². The molecule has 2 aromatic rings. The van der Waals surface area contributed by atoms with Gasteiger partial charge in [-0.15, -0.1) is 10.2 Å². The molecule has 0 bridgehead atoms. The maximum absolute atomic E-state index is 12.0. The molecule has 2 rings (SSSR count). The Bertz CT molecular complexity index is 582. The third kappa shape index (κ3) is 4.32. The molecule has 6 heteroatoms. The van der Waals surface area contributed by atoms with Crippen molar-refractivity contribution in [2.24, 2.45) is 0 Å². The molecule has 1 heterocycles. The molecule has 0 spiro atoms. The van der Waals surface area contributed by atoms with Crippen LogP contribution in [0.3, 0.4) is 0 Å². The Kier molecular flexibility index (Phi) is 5.38. The number of carbonyl (C=O) groups excluding carboxylic acids is 1. The van der Waals surface area contributed by atoms with Crippen LogP contribution in [0.15, 0.2) is 41.8 Å². The monoisotopic (exact) mass is 304 g/mol. The van der Waals surface area contributed by atoms with Crippen LogP contribution in [0.5, 0.6) is 0 Å². The molecule has 1 N–H and O–H groups in total. The molecule has 0 aliphatic heterocycles. The third-order valence-corrected chi connectivity index (χ3v) is 4.06. The topological polar surface area (TPSA) is 59.8 Å². The maximum atomic E-state index is 12.0. The summed E-state index contributed by atoms with van der Waals surface area (Å²) >= 11 is 1.40. The summed E-state index contributed by atoms with van der Waals surface area (Å²) in [6, 6.07) is 10.2. The van der Waals surface area contributed by atoms with Crippen molar-refractivity contribution in [2.75, 3.05) is 5.75 Å². The molecular weight excluding hydrogens is 284 g/mol. The first-order chi connectivity index (χ1) is 10.1. The van der Waals surface area contributed by atoms with Crippen LogP contribution >= 0.6 is 11.8 Å². The number of benzene rings is 1. The first kappa shape index (κ1) is 15.6. The second-order valence-corrected chi connectivity index (χ2v) is 6.05. The maximum Gasteiger partial charge on any atom is 0.230 e.